The van der Waals surface area contributed by atoms with Crippen LogP contribution in [0.1, 0.15) is 12.8 Å². The summed E-state index contributed by atoms with van der Waals surface area (Å²) in [5.41, 5.74) is -0.499. The lowest BCUT2D eigenvalue weighted by atomic mass is 9.91. The van der Waals surface area contributed by atoms with Crippen molar-refractivity contribution in [1.82, 2.24) is 19.1 Å². The lowest BCUT2D eigenvalue weighted by Gasteiger charge is -2.47. The Morgan fingerprint density at radius 1 is 0.905 bits per heavy atom. The summed E-state index contributed by atoms with van der Waals surface area (Å²) in [6.07, 6.45) is 5.07. The molecule has 0 radical (unpaired) electrons. The number of pyridine rings is 1. The van der Waals surface area contributed by atoms with E-state index < -0.39 is 21.3 Å². The van der Waals surface area contributed by atoms with Gasteiger partial charge in [0.05, 0.1) is 43.3 Å². The minimum Gasteiger partial charge on any atom is -0.379 e. The first-order valence-electron chi connectivity index (χ1n) is 14.4. The molecule has 1 amide bonds. The van der Waals surface area contributed by atoms with Gasteiger partial charge in [0.15, 0.2) is 5.72 Å². The molecule has 4 aliphatic rings. The zero-order valence-corrected chi connectivity index (χ0v) is 24.9. The maximum atomic E-state index is 14.1. The molecule has 222 valence electrons. The van der Waals surface area contributed by atoms with Crippen molar-refractivity contribution in [2.45, 2.75) is 29.1 Å². The number of morpholine rings is 1. The number of hydrogen-bond acceptors (Lipinski definition) is 8. The van der Waals surface area contributed by atoms with Gasteiger partial charge in [-0.3, -0.25) is 14.7 Å². The number of rotatable bonds is 5. The molecule has 1 spiro atoms. The van der Waals surface area contributed by atoms with Gasteiger partial charge in [0.2, 0.25) is 15.9 Å². The average Bonchev–Trinajstić information content (AvgIpc) is 3.31. The van der Waals surface area contributed by atoms with Crippen LogP contribution in [0.3, 0.4) is 0 Å². The summed E-state index contributed by atoms with van der Waals surface area (Å²) in [6.45, 7) is 4.92. The van der Waals surface area contributed by atoms with E-state index >= 15 is 0 Å². The van der Waals surface area contributed by atoms with Crippen molar-refractivity contribution in [3.63, 3.8) is 0 Å². The number of piperazine rings is 1. The molecule has 1 unspecified atom stereocenters. The summed E-state index contributed by atoms with van der Waals surface area (Å²) in [6, 6.07) is 14.4. The summed E-state index contributed by atoms with van der Waals surface area (Å²) in [5.74, 6) is -0.223. The highest BCUT2D eigenvalue weighted by Crippen LogP contribution is 2.45. The third-order valence-electron chi connectivity index (χ3n) is 9.07. The van der Waals surface area contributed by atoms with Crippen LogP contribution in [0.15, 0.2) is 65.8 Å². The highest BCUT2D eigenvalue weighted by Gasteiger charge is 2.61. The van der Waals surface area contributed by atoms with Crippen LogP contribution in [0.2, 0.25) is 5.02 Å². The van der Waals surface area contributed by atoms with Gasteiger partial charge in [0, 0.05) is 55.8 Å². The first-order valence-corrected chi connectivity index (χ1v) is 16.2. The third kappa shape index (κ3) is 5.06. The zero-order valence-electron chi connectivity index (χ0n) is 23.3. The maximum Gasteiger partial charge on any atom is 0.243 e. The summed E-state index contributed by atoms with van der Waals surface area (Å²) < 4.78 is 42.1. The van der Waals surface area contributed by atoms with E-state index in [2.05, 4.69) is 14.8 Å². The minimum atomic E-state index is -3.99. The Kier molecular flexibility index (Phi) is 7.15. The zero-order chi connectivity index (χ0) is 29.0. The molecule has 10 nitrogen and oxygen atoms in total. The molecule has 0 bridgehead atoms. The van der Waals surface area contributed by atoms with E-state index in [0.717, 1.165) is 42.4 Å². The summed E-state index contributed by atoms with van der Waals surface area (Å²) in [7, 11) is -3.99. The lowest BCUT2D eigenvalue weighted by Crippen LogP contribution is -2.67. The number of benzene rings is 2. The van der Waals surface area contributed by atoms with Crippen LogP contribution in [0, 0.1) is 0 Å². The van der Waals surface area contributed by atoms with Gasteiger partial charge in [-0.1, -0.05) is 23.7 Å². The number of carbonyl (C=O) groups excluding carboxylic acids is 1. The number of fused-ring (bicyclic) bond motifs is 2. The normalized spacial score (nSPS) is 25.3. The number of anilines is 1. The fourth-order valence-electron chi connectivity index (χ4n) is 6.86. The van der Waals surface area contributed by atoms with Crippen LogP contribution >= 0.6 is 11.6 Å². The van der Waals surface area contributed by atoms with Crippen molar-refractivity contribution >= 4 is 44.0 Å². The highest BCUT2D eigenvalue weighted by molar-refractivity contribution is 7.89. The van der Waals surface area contributed by atoms with Crippen LogP contribution in [0.25, 0.3) is 10.8 Å². The Morgan fingerprint density at radius 2 is 1.62 bits per heavy atom. The largest absolute Gasteiger partial charge is 0.379 e. The summed E-state index contributed by atoms with van der Waals surface area (Å²) in [4.78, 5) is 24.5. The fourth-order valence-corrected chi connectivity index (χ4v) is 8.51. The second kappa shape index (κ2) is 10.7. The number of piperidine rings is 1. The molecule has 4 saturated heterocycles. The van der Waals surface area contributed by atoms with Gasteiger partial charge < -0.3 is 19.3 Å². The lowest BCUT2D eigenvalue weighted by molar-refractivity contribution is -0.187. The average molecular weight is 612 g/mol. The molecule has 0 aliphatic carbocycles. The molecule has 4 aliphatic heterocycles. The highest BCUT2D eigenvalue weighted by atomic mass is 35.5. The topological polar surface area (TPSA) is 95.5 Å². The Bertz CT molecular complexity index is 1590. The molecule has 0 saturated carbocycles. The number of nitrogens with zero attached hydrogens (tertiary/aromatic N) is 5. The minimum absolute atomic E-state index is 0.0763. The van der Waals surface area contributed by atoms with E-state index in [1.807, 2.05) is 23.1 Å². The van der Waals surface area contributed by atoms with Gasteiger partial charge in [0.1, 0.15) is 0 Å². The number of carbonyl (C=O) groups is 1. The van der Waals surface area contributed by atoms with Crippen LogP contribution < -0.4 is 4.90 Å². The van der Waals surface area contributed by atoms with E-state index in [4.69, 9.17) is 21.1 Å². The monoisotopic (exact) mass is 611 g/mol. The maximum absolute atomic E-state index is 14.1. The molecular weight excluding hydrogens is 578 g/mol. The van der Waals surface area contributed by atoms with Crippen LogP contribution in [-0.2, 0) is 24.3 Å². The molecule has 1 aromatic heterocycles. The number of amides is 1. The smallest absolute Gasteiger partial charge is 0.243 e. The van der Waals surface area contributed by atoms with Gasteiger partial charge >= 0.3 is 0 Å². The van der Waals surface area contributed by atoms with Crippen molar-refractivity contribution < 1.29 is 22.7 Å². The molecule has 4 fully saturated rings. The predicted octanol–water partition coefficient (Wildman–Crippen LogP) is 2.82. The molecule has 5 heterocycles. The van der Waals surface area contributed by atoms with E-state index in [1.165, 1.54) is 4.31 Å². The number of aromatic nitrogens is 1. The van der Waals surface area contributed by atoms with E-state index in [1.54, 1.807) is 42.7 Å². The molecule has 42 heavy (non-hydrogen) atoms. The first kappa shape index (κ1) is 28.0. The van der Waals surface area contributed by atoms with Gasteiger partial charge in [-0.25, -0.2) is 8.42 Å². The summed E-state index contributed by atoms with van der Waals surface area (Å²) in [5, 5.41) is 2.21. The molecule has 12 heteroatoms. The molecule has 2 aromatic carbocycles. The Labute approximate surface area is 250 Å². The molecule has 0 N–H and O–H groups in total. The van der Waals surface area contributed by atoms with Crippen molar-refractivity contribution in [3.8, 4) is 0 Å². The number of hydrogen-bond donors (Lipinski definition) is 0. The van der Waals surface area contributed by atoms with E-state index in [0.29, 0.717) is 44.4 Å². The van der Waals surface area contributed by atoms with E-state index in [-0.39, 0.29) is 23.9 Å². The van der Waals surface area contributed by atoms with Crippen molar-refractivity contribution in [2.75, 3.05) is 70.5 Å². The van der Waals surface area contributed by atoms with Gasteiger partial charge in [0.25, 0.3) is 0 Å². The summed E-state index contributed by atoms with van der Waals surface area (Å²) >= 11 is 6.13. The number of halogens is 1. The second-order valence-corrected chi connectivity index (χ2v) is 14.1. The van der Waals surface area contributed by atoms with Gasteiger partial charge in [-0.2, -0.15) is 4.31 Å². The van der Waals surface area contributed by atoms with Crippen molar-refractivity contribution in [3.05, 3.63) is 65.9 Å². The molecule has 7 rings (SSSR count). The van der Waals surface area contributed by atoms with E-state index in [9.17, 15) is 13.2 Å². The fraction of sp³-hybridized carbons (Fsp3) is 0.467. The van der Waals surface area contributed by atoms with Crippen LogP contribution in [0.4, 0.5) is 5.69 Å². The Morgan fingerprint density at radius 3 is 2.38 bits per heavy atom. The third-order valence-corrected chi connectivity index (χ3v) is 11.1. The number of sulfonamides is 1. The SMILES string of the molecule is O=C1CN(S(=O)(=O)c2ccc3cc(Cl)ccc3c2)CC2(CN3CCOCC3)OC3(CCN(c4ccncc4)CC3)CN12. The van der Waals surface area contributed by atoms with Crippen LogP contribution in [0.5, 0.6) is 0 Å². The number of ether oxygens (including phenoxy) is 2. The van der Waals surface area contributed by atoms with Crippen LogP contribution in [-0.4, -0.2) is 110 Å². The predicted molar refractivity (Wildman–Crippen MR) is 159 cm³/mol. The van der Waals surface area contributed by atoms with Gasteiger partial charge in [-0.05, 0) is 60.0 Å². The Balaban J connectivity index is 1.19. The Hall–Kier alpha value is -2.80. The quantitative estimate of drug-likeness (QED) is 0.435. The first-order chi connectivity index (χ1) is 20.3. The van der Waals surface area contributed by atoms with Gasteiger partial charge in [-0.15, -0.1) is 0 Å². The van der Waals surface area contributed by atoms with Crippen molar-refractivity contribution in [1.29, 1.82) is 0 Å². The molecule has 3 aromatic rings. The standard InChI is InChI=1S/C30H34ClN5O5S/c31-25-3-1-24-18-27(4-2-23(24)17-25)42(38,39)35-19-28(37)36-20-29(7-11-34(12-8-29)26-5-9-32-10-6-26)41-30(36,22-35)21-33-13-15-40-16-14-33/h1-6,9-10,17-18H,7-8,11-16,19-22H2. The molecule has 1 atom stereocenters. The second-order valence-electron chi connectivity index (χ2n) is 11.7. The van der Waals surface area contributed by atoms with Crippen molar-refractivity contribution in [2.24, 2.45) is 0 Å². The molecular formula is C30H34ClN5O5S.